The van der Waals surface area contributed by atoms with Gasteiger partial charge in [-0.25, -0.2) is 25.6 Å². The Bertz CT molecular complexity index is 1980. The van der Waals surface area contributed by atoms with Crippen LogP contribution in [-0.2, 0) is 14.8 Å². The minimum absolute atomic E-state index is 0.198. The number of carbonyl (C=O) groups is 1. The van der Waals surface area contributed by atoms with E-state index in [1.165, 1.54) is 18.2 Å². The van der Waals surface area contributed by atoms with Crippen LogP contribution in [0.4, 0.5) is 18.9 Å². The van der Waals surface area contributed by atoms with E-state index >= 15 is 0 Å². The quantitative estimate of drug-likeness (QED) is 0.209. The van der Waals surface area contributed by atoms with Gasteiger partial charge in [-0.05, 0) is 73.0 Å². The number of benzene rings is 4. The van der Waals surface area contributed by atoms with E-state index in [0.717, 1.165) is 44.9 Å². The molecule has 0 atom stereocenters. The first kappa shape index (κ1) is 28.5. The number of carboxylic acid groups (broad SMARTS) is 1. The molecule has 1 aliphatic rings. The second-order valence-electron chi connectivity index (χ2n) is 10.8. The molecule has 10 heteroatoms. The van der Waals surface area contributed by atoms with Gasteiger partial charge in [0.05, 0.1) is 22.0 Å². The van der Waals surface area contributed by atoms with Crippen molar-refractivity contribution < 1.29 is 31.5 Å². The Morgan fingerprint density at radius 3 is 2.16 bits per heavy atom. The largest absolute Gasteiger partial charge is 0.481 e. The molecule has 1 aromatic heterocycles. The van der Waals surface area contributed by atoms with Crippen molar-refractivity contribution in [1.82, 2.24) is 3.97 Å². The fourth-order valence-electron chi connectivity index (χ4n) is 5.79. The molecule has 0 amide bonds. The van der Waals surface area contributed by atoms with Gasteiger partial charge in [0.15, 0.2) is 0 Å². The summed E-state index contributed by atoms with van der Waals surface area (Å²) in [6.07, 6.45) is -2.76. The maximum absolute atomic E-state index is 14.9. The second-order valence-corrected chi connectivity index (χ2v) is 12.6. The number of halogens is 3. The highest BCUT2D eigenvalue weighted by Crippen LogP contribution is 2.46. The highest BCUT2D eigenvalue weighted by atomic mass is 32.2. The molecule has 0 bridgehead atoms. The predicted octanol–water partition coefficient (Wildman–Crippen LogP) is 7.43. The van der Waals surface area contributed by atoms with Crippen molar-refractivity contribution in [2.45, 2.75) is 25.2 Å². The second kappa shape index (κ2) is 10.6. The van der Waals surface area contributed by atoms with Crippen LogP contribution in [-0.4, -0.2) is 36.6 Å². The van der Waals surface area contributed by atoms with Gasteiger partial charge in [-0.1, -0.05) is 42.5 Å². The van der Waals surface area contributed by atoms with E-state index < -0.39 is 34.2 Å². The number of aromatic nitrogens is 1. The van der Waals surface area contributed by atoms with Gasteiger partial charge in [0, 0.05) is 40.9 Å². The molecule has 1 fully saturated rings. The molecule has 5 aromatic rings. The van der Waals surface area contributed by atoms with Crippen LogP contribution < -0.4 is 4.90 Å². The van der Waals surface area contributed by atoms with Crippen molar-refractivity contribution in [3.8, 4) is 22.4 Å². The lowest BCUT2D eigenvalue weighted by atomic mass is 9.91. The van der Waals surface area contributed by atoms with Crippen molar-refractivity contribution in [3.05, 3.63) is 107 Å². The highest BCUT2D eigenvalue weighted by Gasteiger charge is 2.34. The van der Waals surface area contributed by atoms with E-state index in [4.69, 9.17) is 0 Å². The number of aryl methyl sites for hydroxylation is 2. The summed E-state index contributed by atoms with van der Waals surface area (Å²) in [5, 5.41) is 9.74. The number of hydrogen-bond acceptors (Lipinski definition) is 4. The Morgan fingerprint density at radius 1 is 0.884 bits per heavy atom. The highest BCUT2D eigenvalue weighted by molar-refractivity contribution is 7.90. The summed E-state index contributed by atoms with van der Waals surface area (Å²) in [4.78, 5) is 13.1. The van der Waals surface area contributed by atoms with E-state index in [1.54, 1.807) is 18.2 Å². The first-order valence-corrected chi connectivity index (χ1v) is 15.0. The molecule has 2 heterocycles. The number of alkyl halides is 2. The fourth-order valence-corrected chi connectivity index (χ4v) is 7.34. The minimum atomic E-state index is -4.40. The smallest absolute Gasteiger partial charge is 0.310 e. The molecule has 1 N–H and O–H groups in total. The molecule has 0 aliphatic carbocycles. The van der Waals surface area contributed by atoms with Crippen LogP contribution in [0.2, 0.25) is 0 Å². The maximum Gasteiger partial charge on any atom is 0.310 e. The van der Waals surface area contributed by atoms with Gasteiger partial charge < -0.3 is 10.0 Å². The summed E-state index contributed by atoms with van der Waals surface area (Å²) >= 11 is 0. The Kier molecular flexibility index (Phi) is 7.04. The van der Waals surface area contributed by atoms with E-state index in [-0.39, 0.29) is 21.7 Å². The molecule has 6 nitrogen and oxygen atoms in total. The number of aliphatic carboxylic acids is 1. The first-order valence-electron chi connectivity index (χ1n) is 13.6. The zero-order chi connectivity index (χ0) is 30.6. The zero-order valence-corrected chi connectivity index (χ0v) is 24.1. The molecule has 4 aromatic carbocycles. The van der Waals surface area contributed by atoms with Gasteiger partial charge in [-0.3, -0.25) is 4.79 Å². The molecule has 43 heavy (non-hydrogen) atoms. The van der Waals surface area contributed by atoms with Gasteiger partial charge in [0.25, 0.3) is 16.4 Å². The number of fused-ring (bicyclic) bond motifs is 1. The van der Waals surface area contributed by atoms with Crippen molar-refractivity contribution >= 4 is 32.6 Å². The molecular weight excluding hydrogens is 577 g/mol. The Balaban J connectivity index is 1.68. The van der Waals surface area contributed by atoms with Crippen molar-refractivity contribution in [1.29, 1.82) is 0 Å². The average Bonchev–Trinajstić information content (AvgIpc) is 3.27. The van der Waals surface area contributed by atoms with Crippen LogP contribution in [0.1, 0.15) is 23.1 Å². The van der Waals surface area contributed by atoms with Crippen LogP contribution in [0, 0.1) is 25.6 Å². The van der Waals surface area contributed by atoms with E-state index in [2.05, 4.69) is 0 Å². The number of nitrogens with zero attached hydrogens (tertiary/aromatic N) is 2. The standard InChI is InChI=1S/C33H27F3N2O4S/c1-19-5-3-6-20(2)29(19)30-27-16-24(34)11-14-28(27)38(43(41,42)26-12-9-21(10-13-26)32(35)36)31(30)22-7-4-8-25(15-22)37-17-23(18-37)33(39)40/h3-16,23,32H,17-18H2,1-2H3,(H,39,40). The predicted molar refractivity (Wildman–Crippen MR) is 160 cm³/mol. The van der Waals surface area contributed by atoms with Crippen LogP contribution in [0.5, 0.6) is 0 Å². The molecule has 0 radical (unpaired) electrons. The number of carboxylic acids is 1. The van der Waals surface area contributed by atoms with E-state index in [0.29, 0.717) is 35.3 Å². The van der Waals surface area contributed by atoms with Gasteiger partial charge in [-0.2, -0.15) is 0 Å². The van der Waals surface area contributed by atoms with Gasteiger partial charge in [-0.15, -0.1) is 0 Å². The normalized spacial score (nSPS) is 14.0. The first-order chi connectivity index (χ1) is 20.5. The van der Waals surface area contributed by atoms with Crippen LogP contribution in [0.3, 0.4) is 0 Å². The van der Waals surface area contributed by atoms with Gasteiger partial charge >= 0.3 is 5.97 Å². The van der Waals surface area contributed by atoms with Crippen molar-refractivity contribution in [2.24, 2.45) is 5.92 Å². The number of rotatable bonds is 7. The molecular formula is C33H27F3N2O4S. The molecule has 1 saturated heterocycles. The number of anilines is 1. The Hall–Kier alpha value is -4.57. The molecule has 0 saturated carbocycles. The average molecular weight is 605 g/mol. The fraction of sp³-hybridized carbons (Fsp3) is 0.182. The summed E-state index contributed by atoms with van der Waals surface area (Å²) in [5.41, 5.74) is 4.40. The minimum Gasteiger partial charge on any atom is -0.481 e. The van der Waals surface area contributed by atoms with Crippen molar-refractivity contribution in [2.75, 3.05) is 18.0 Å². The summed E-state index contributed by atoms with van der Waals surface area (Å²) in [6, 6.07) is 21.2. The van der Waals surface area contributed by atoms with Crippen molar-refractivity contribution in [3.63, 3.8) is 0 Å². The Morgan fingerprint density at radius 2 is 1.53 bits per heavy atom. The lowest BCUT2D eigenvalue weighted by molar-refractivity contribution is -0.142. The summed E-state index contributed by atoms with van der Waals surface area (Å²) in [7, 11) is -4.40. The lowest BCUT2D eigenvalue weighted by Crippen LogP contribution is -2.50. The third-order valence-electron chi connectivity index (χ3n) is 8.00. The van der Waals surface area contributed by atoms with Crippen LogP contribution in [0.25, 0.3) is 33.3 Å². The lowest BCUT2D eigenvalue weighted by Gasteiger charge is -2.38. The zero-order valence-electron chi connectivity index (χ0n) is 23.3. The van der Waals surface area contributed by atoms with Crippen LogP contribution >= 0.6 is 0 Å². The van der Waals surface area contributed by atoms with E-state index in [9.17, 15) is 31.5 Å². The Labute approximate surface area is 246 Å². The third kappa shape index (κ3) is 4.85. The summed E-state index contributed by atoms with van der Waals surface area (Å²) in [5.74, 6) is -1.92. The SMILES string of the molecule is Cc1cccc(C)c1-c1c(-c2cccc(N3CC(C(=O)O)C3)c2)n(S(=O)(=O)c2ccc(C(F)F)cc2)c2ccc(F)cc12. The molecule has 0 spiro atoms. The monoisotopic (exact) mass is 604 g/mol. The van der Waals surface area contributed by atoms with Gasteiger partial charge in [0.2, 0.25) is 0 Å². The summed E-state index contributed by atoms with van der Waals surface area (Å²) < 4.78 is 71.5. The van der Waals surface area contributed by atoms with Gasteiger partial charge in [0.1, 0.15) is 5.82 Å². The summed E-state index contributed by atoms with van der Waals surface area (Å²) in [6.45, 7) is 4.42. The molecule has 220 valence electrons. The number of hydrogen-bond donors (Lipinski definition) is 1. The molecule has 1 aliphatic heterocycles. The van der Waals surface area contributed by atoms with E-state index in [1.807, 2.05) is 43.0 Å². The maximum atomic E-state index is 14.9. The third-order valence-corrected chi connectivity index (χ3v) is 9.73. The molecule has 0 unspecified atom stereocenters. The topological polar surface area (TPSA) is 79.6 Å². The molecule has 6 rings (SSSR count). The van der Waals surface area contributed by atoms with Crippen LogP contribution in [0.15, 0.2) is 89.8 Å².